The molecule has 28 heavy (non-hydrogen) atoms. The second-order valence-corrected chi connectivity index (χ2v) is 8.21. The Morgan fingerprint density at radius 2 is 1.71 bits per heavy atom. The Morgan fingerprint density at radius 3 is 2.39 bits per heavy atom. The van der Waals surface area contributed by atoms with E-state index in [2.05, 4.69) is 66.2 Å². The number of piperazine rings is 1. The van der Waals surface area contributed by atoms with Crippen molar-refractivity contribution in [3.63, 3.8) is 0 Å². The smallest absolute Gasteiger partial charge is 0.241 e. The van der Waals surface area contributed by atoms with E-state index in [1.165, 1.54) is 16.7 Å². The van der Waals surface area contributed by atoms with Crippen LogP contribution in [0.5, 0.6) is 0 Å². The van der Waals surface area contributed by atoms with E-state index in [-0.39, 0.29) is 11.9 Å². The number of carbonyl (C=O) groups excluding carboxylic acids is 1. The number of nitrogens with one attached hydrogen (secondary N) is 1. The highest BCUT2D eigenvalue weighted by Gasteiger charge is 2.26. The highest BCUT2D eigenvalue weighted by Crippen LogP contribution is 2.24. The first-order valence-electron chi connectivity index (χ1n) is 10.4. The number of amides is 1. The SMILES string of the molecule is Cc1cccc(CN2CCN(C(C)C(=O)Nc3ccccc3C(C)C)CC2)c1. The summed E-state index contributed by atoms with van der Waals surface area (Å²) in [5, 5.41) is 3.15. The van der Waals surface area contributed by atoms with Crippen molar-refractivity contribution in [2.75, 3.05) is 31.5 Å². The Labute approximate surface area is 169 Å². The van der Waals surface area contributed by atoms with Crippen molar-refractivity contribution in [1.29, 1.82) is 0 Å². The van der Waals surface area contributed by atoms with E-state index in [0.29, 0.717) is 5.92 Å². The molecule has 150 valence electrons. The van der Waals surface area contributed by atoms with Gasteiger partial charge in [0.1, 0.15) is 0 Å². The number of rotatable bonds is 6. The molecule has 1 saturated heterocycles. The maximum atomic E-state index is 12.8. The van der Waals surface area contributed by atoms with Gasteiger partial charge in [-0.15, -0.1) is 0 Å². The minimum absolute atomic E-state index is 0.0836. The van der Waals surface area contributed by atoms with Crippen molar-refractivity contribution in [3.8, 4) is 0 Å². The topological polar surface area (TPSA) is 35.6 Å². The van der Waals surface area contributed by atoms with E-state index >= 15 is 0 Å². The van der Waals surface area contributed by atoms with Crippen molar-refractivity contribution in [2.45, 2.75) is 46.2 Å². The zero-order chi connectivity index (χ0) is 20.1. The minimum Gasteiger partial charge on any atom is -0.324 e. The van der Waals surface area contributed by atoms with Gasteiger partial charge in [0.15, 0.2) is 0 Å². The van der Waals surface area contributed by atoms with E-state index in [0.717, 1.165) is 38.4 Å². The maximum Gasteiger partial charge on any atom is 0.241 e. The van der Waals surface area contributed by atoms with Crippen LogP contribution in [0.3, 0.4) is 0 Å². The molecule has 1 aliphatic rings. The van der Waals surface area contributed by atoms with Gasteiger partial charge in [0, 0.05) is 38.4 Å². The van der Waals surface area contributed by atoms with Crippen molar-refractivity contribution in [3.05, 3.63) is 65.2 Å². The van der Waals surface area contributed by atoms with Crippen molar-refractivity contribution in [1.82, 2.24) is 9.80 Å². The van der Waals surface area contributed by atoms with Crippen LogP contribution < -0.4 is 5.32 Å². The first-order chi connectivity index (χ1) is 13.4. The van der Waals surface area contributed by atoms with E-state index in [1.807, 2.05) is 25.1 Å². The number of para-hydroxylation sites is 1. The van der Waals surface area contributed by atoms with Crippen LogP contribution in [0.1, 0.15) is 43.4 Å². The van der Waals surface area contributed by atoms with Crippen LogP contribution in [-0.2, 0) is 11.3 Å². The fraction of sp³-hybridized carbons (Fsp3) is 0.458. The molecule has 1 N–H and O–H groups in total. The number of benzene rings is 2. The Balaban J connectivity index is 1.53. The molecule has 1 amide bonds. The Hall–Kier alpha value is -2.17. The van der Waals surface area contributed by atoms with Gasteiger partial charge in [0.2, 0.25) is 5.91 Å². The van der Waals surface area contributed by atoms with Crippen LogP contribution in [0.2, 0.25) is 0 Å². The Bertz CT molecular complexity index is 794. The standard InChI is InChI=1S/C24H33N3O/c1-18(2)22-10-5-6-11-23(22)25-24(28)20(4)27-14-12-26(13-15-27)17-21-9-7-8-19(3)16-21/h5-11,16,18,20H,12-15,17H2,1-4H3,(H,25,28). The summed E-state index contributed by atoms with van der Waals surface area (Å²) in [6, 6.07) is 16.7. The van der Waals surface area contributed by atoms with Crippen molar-refractivity contribution < 1.29 is 4.79 Å². The summed E-state index contributed by atoms with van der Waals surface area (Å²) in [6.07, 6.45) is 0. The zero-order valence-corrected chi connectivity index (χ0v) is 17.6. The van der Waals surface area contributed by atoms with Crippen LogP contribution >= 0.6 is 0 Å². The molecule has 1 fully saturated rings. The summed E-state index contributed by atoms with van der Waals surface area (Å²) in [6.45, 7) is 13.3. The lowest BCUT2D eigenvalue weighted by molar-refractivity contribution is -0.121. The first kappa shape index (κ1) is 20.6. The van der Waals surface area contributed by atoms with Gasteiger partial charge < -0.3 is 5.32 Å². The molecule has 3 rings (SSSR count). The molecule has 0 spiro atoms. The number of nitrogens with zero attached hydrogens (tertiary/aromatic N) is 2. The van der Waals surface area contributed by atoms with Crippen molar-refractivity contribution in [2.24, 2.45) is 0 Å². The molecule has 0 bridgehead atoms. The summed E-state index contributed by atoms with van der Waals surface area (Å²) in [5.74, 6) is 0.470. The van der Waals surface area contributed by atoms with E-state index in [1.54, 1.807) is 0 Å². The zero-order valence-electron chi connectivity index (χ0n) is 17.6. The number of anilines is 1. The highest BCUT2D eigenvalue weighted by molar-refractivity contribution is 5.95. The minimum atomic E-state index is -0.124. The normalized spacial score (nSPS) is 16.9. The van der Waals surface area contributed by atoms with Crippen LogP contribution in [0.15, 0.2) is 48.5 Å². The largest absolute Gasteiger partial charge is 0.324 e. The van der Waals surface area contributed by atoms with E-state index in [4.69, 9.17) is 0 Å². The lowest BCUT2D eigenvalue weighted by atomic mass is 10.0. The molecule has 0 radical (unpaired) electrons. The van der Waals surface area contributed by atoms with Crippen molar-refractivity contribution >= 4 is 11.6 Å². The summed E-state index contributed by atoms with van der Waals surface area (Å²) >= 11 is 0. The molecule has 0 aliphatic carbocycles. The van der Waals surface area contributed by atoms with Gasteiger partial charge in [0.05, 0.1) is 6.04 Å². The second-order valence-electron chi connectivity index (χ2n) is 8.21. The average Bonchev–Trinajstić information content (AvgIpc) is 2.68. The summed E-state index contributed by atoms with van der Waals surface area (Å²) in [5.41, 5.74) is 4.80. The van der Waals surface area contributed by atoms with Gasteiger partial charge in [-0.2, -0.15) is 0 Å². The summed E-state index contributed by atoms with van der Waals surface area (Å²) in [7, 11) is 0. The number of aryl methyl sites for hydroxylation is 1. The molecular weight excluding hydrogens is 346 g/mol. The number of carbonyl (C=O) groups is 1. The van der Waals surface area contributed by atoms with Gasteiger partial charge in [-0.05, 0) is 37.0 Å². The monoisotopic (exact) mass is 379 g/mol. The van der Waals surface area contributed by atoms with Gasteiger partial charge >= 0.3 is 0 Å². The number of hydrogen-bond donors (Lipinski definition) is 1. The van der Waals surface area contributed by atoms with Gasteiger partial charge in [-0.3, -0.25) is 14.6 Å². The van der Waals surface area contributed by atoms with Gasteiger partial charge in [-0.25, -0.2) is 0 Å². The molecule has 2 aromatic carbocycles. The predicted octanol–water partition coefficient (Wildman–Crippen LogP) is 4.26. The molecule has 1 aliphatic heterocycles. The third-order valence-electron chi connectivity index (χ3n) is 5.66. The first-order valence-corrected chi connectivity index (χ1v) is 10.4. The Morgan fingerprint density at radius 1 is 1.00 bits per heavy atom. The highest BCUT2D eigenvalue weighted by atomic mass is 16.2. The molecule has 0 saturated carbocycles. The molecule has 0 aromatic heterocycles. The lowest BCUT2D eigenvalue weighted by Gasteiger charge is -2.37. The molecule has 1 atom stereocenters. The number of hydrogen-bond acceptors (Lipinski definition) is 3. The molecule has 1 unspecified atom stereocenters. The molecule has 1 heterocycles. The van der Waals surface area contributed by atoms with Gasteiger partial charge in [-0.1, -0.05) is 61.9 Å². The van der Waals surface area contributed by atoms with Crippen LogP contribution in [-0.4, -0.2) is 47.9 Å². The molecular formula is C24H33N3O. The molecule has 4 heteroatoms. The van der Waals surface area contributed by atoms with Crippen LogP contribution in [0.4, 0.5) is 5.69 Å². The fourth-order valence-corrected chi connectivity index (χ4v) is 3.89. The van der Waals surface area contributed by atoms with Crippen LogP contribution in [0.25, 0.3) is 0 Å². The van der Waals surface area contributed by atoms with E-state index < -0.39 is 0 Å². The molecule has 2 aromatic rings. The summed E-state index contributed by atoms with van der Waals surface area (Å²) in [4.78, 5) is 17.6. The lowest BCUT2D eigenvalue weighted by Crippen LogP contribution is -2.52. The maximum absolute atomic E-state index is 12.8. The average molecular weight is 380 g/mol. The Kier molecular flexibility index (Phi) is 6.87. The fourth-order valence-electron chi connectivity index (χ4n) is 3.89. The quantitative estimate of drug-likeness (QED) is 0.814. The third kappa shape index (κ3) is 5.21. The molecule has 4 nitrogen and oxygen atoms in total. The van der Waals surface area contributed by atoms with Crippen LogP contribution in [0, 0.1) is 6.92 Å². The summed E-state index contributed by atoms with van der Waals surface area (Å²) < 4.78 is 0. The predicted molar refractivity (Wildman–Crippen MR) is 117 cm³/mol. The second kappa shape index (κ2) is 9.35. The van der Waals surface area contributed by atoms with Gasteiger partial charge in [0.25, 0.3) is 0 Å². The van der Waals surface area contributed by atoms with E-state index in [9.17, 15) is 4.79 Å². The third-order valence-corrected chi connectivity index (χ3v) is 5.66.